The van der Waals surface area contributed by atoms with Crippen molar-refractivity contribution >= 4 is 21.6 Å². The molecular weight excluding hydrogens is 300 g/mol. The van der Waals surface area contributed by atoms with Crippen molar-refractivity contribution in [1.29, 1.82) is 0 Å². The highest BCUT2D eigenvalue weighted by Gasteiger charge is 2.18. The zero-order chi connectivity index (χ0) is 14.6. The molecule has 1 aromatic rings. The summed E-state index contributed by atoms with van der Waals surface area (Å²) < 4.78 is 1.14. The first-order valence-electron chi connectivity index (χ1n) is 7.10. The summed E-state index contributed by atoms with van der Waals surface area (Å²) in [5.41, 5.74) is 2.69. The summed E-state index contributed by atoms with van der Waals surface area (Å²) >= 11 is 3.60. The van der Waals surface area contributed by atoms with Crippen molar-refractivity contribution in [3.05, 3.63) is 28.2 Å². The molecule has 108 valence electrons. The molecule has 0 saturated heterocycles. The smallest absolute Gasteiger partial charge is 0.0428 e. The lowest BCUT2D eigenvalue weighted by atomic mass is 10.0. The molecule has 0 aliphatic rings. The fourth-order valence-electron chi connectivity index (χ4n) is 2.27. The number of rotatable bonds is 6. The Morgan fingerprint density at radius 3 is 2.26 bits per heavy atom. The second-order valence-corrected chi connectivity index (χ2v) is 6.77. The van der Waals surface area contributed by atoms with E-state index in [1.165, 1.54) is 11.3 Å². The third-order valence-corrected chi connectivity index (χ3v) is 3.88. The van der Waals surface area contributed by atoms with Crippen LogP contribution in [0.5, 0.6) is 0 Å². The predicted molar refractivity (Wildman–Crippen MR) is 88.9 cm³/mol. The molecule has 0 aliphatic heterocycles. The van der Waals surface area contributed by atoms with Gasteiger partial charge in [-0.25, -0.2) is 0 Å². The number of hydrogen-bond donors (Lipinski definition) is 1. The lowest BCUT2D eigenvalue weighted by Gasteiger charge is -2.34. The van der Waals surface area contributed by atoms with E-state index in [1.807, 2.05) is 7.05 Å². The fourth-order valence-corrected chi connectivity index (χ4v) is 2.62. The van der Waals surface area contributed by atoms with E-state index in [1.54, 1.807) is 0 Å². The van der Waals surface area contributed by atoms with Crippen LogP contribution in [-0.2, 0) is 0 Å². The number of nitrogens with one attached hydrogen (secondary N) is 1. The average molecular weight is 327 g/mol. The van der Waals surface area contributed by atoms with Gasteiger partial charge in [0, 0.05) is 28.8 Å². The molecule has 1 unspecified atom stereocenters. The van der Waals surface area contributed by atoms with Crippen LogP contribution in [0.15, 0.2) is 22.7 Å². The Bertz CT molecular complexity index is 402. The quantitative estimate of drug-likeness (QED) is 0.821. The minimum Gasteiger partial charge on any atom is -0.369 e. The second-order valence-electron chi connectivity index (χ2n) is 5.85. The number of nitrogens with zero attached hydrogens (tertiary/aromatic N) is 1. The number of hydrogen-bond acceptors (Lipinski definition) is 2. The highest BCUT2D eigenvalue weighted by atomic mass is 79.9. The van der Waals surface area contributed by atoms with Crippen LogP contribution in [0.4, 0.5) is 5.69 Å². The van der Waals surface area contributed by atoms with Crippen LogP contribution in [0.1, 0.15) is 46.2 Å². The van der Waals surface area contributed by atoms with E-state index in [4.69, 9.17) is 0 Å². The third kappa shape index (κ3) is 4.50. The molecule has 0 heterocycles. The molecule has 1 atom stereocenters. The molecule has 1 aromatic carbocycles. The SMILES string of the molecule is CNC(C)c1ccc(Br)cc1N(CC(C)C)C(C)C. The van der Waals surface area contributed by atoms with E-state index in [9.17, 15) is 0 Å². The molecule has 2 nitrogen and oxygen atoms in total. The van der Waals surface area contributed by atoms with E-state index in [2.05, 4.69) is 79.0 Å². The summed E-state index contributed by atoms with van der Waals surface area (Å²) in [6.45, 7) is 12.4. The molecule has 0 aromatic heterocycles. The molecule has 0 bridgehead atoms. The maximum Gasteiger partial charge on any atom is 0.0428 e. The highest BCUT2D eigenvalue weighted by molar-refractivity contribution is 9.10. The Morgan fingerprint density at radius 2 is 1.79 bits per heavy atom. The molecule has 19 heavy (non-hydrogen) atoms. The molecule has 0 saturated carbocycles. The van der Waals surface area contributed by atoms with Crippen LogP contribution in [0.25, 0.3) is 0 Å². The van der Waals surface area contributed by atoms with E-state index >= 15 is 0 Å². The van der Waals surface area contributed by atoms with Crippen molar-refractivity contribution in [3.63, 3.8) is 0 Å². The van der Waals surface area contributed by atoms with Gasteiger partial charge in [0.2, 0.25) is 0 Å². The molecule has 0 amide bonds. The third-order valence-electron chi connectivity index (χ3n) is 3.39. The normalized spacial score (nSPS) is 13.1. The van der Waals surface area contributed by atoms with Crippen LogP contribution in [-0.4, -0.2) is 19.6 Å². The maximum absolute atomic E-state index is 3.60. The van der Waals surface area contributed by atoms with Gasteiger partial charge in [0.1, 0.15) is 0 Å². The Balaban J connectivity index is 3.22. The van der Waals surface area contributed by atoms with Crippen molar-refractivity contribution in [1.82, 2.24) is 5.32 Å². The molecule has 1 rings (SSSR count). The van der Waals surface area contributed by atoms with E-state index in [0.29, 0.717) is 18.0 Å². The van der Waals surface area contributed by atoms with Crippen molar-refractivity contribution in [2.75, 3.05) is 18.5 Å². The predicted octanol–water partition coefficient (Wildman–Crippen LogP) is 4.60. The first kappa shape index (κ1) is 16.5. The van der Waals surface area contributed by atoms with Crippen LogP contribution in [0, 0.1) is 5.92 Å². The zero-order valence-corrected chi connectivity index (χ0v) is 14.6. The standard InChI is InChI=1S/C16H27BrN2/c1-11(2)10-19(12(3)4)16-9-14(17)7-8-15(16)13(5)18-6/h7-9,11-13,18H,10H2,1-6H3. The Labute approximate surface area is 126 Å². The largest absolute Gasteiger partial charge is 0.369 e. The van der Waals surface area contributed by atoms with Gasteiger partial charge >= 0.3 is 0 Å². The van der Waals surface area contributed by atoms with Gasteiger partial charge < -0.3 is 10.2 Å². The van der Waals surface area contributed by atoms with Gasteiger partial charge in [-0.1, -0.05) is 35.8 Å². The summed E-state index contributed by atoms with van der Waals surface area (Å²) in [6.07, 6.45) is 0. The lowest BCUT2D eigenvalue weighted by molar-refractivity contribution is 0.563. The zero-order valence-electron chi connectivity index (χ0n) is 13.0. The van der Waals surface area contributed by atoms with Crippen LogP contribution < -0.4 is 10.2 Å². The minimum absolute atomic E-state index is 0.358. The molecule has 1 N–H and O–H groups in total. The summed E-state index contributed by atoms with van der Waals surface area (Å²) in [5, 5.41) is 3.35. The van der Waals surface area contributed by atoms with Gasteiger partial charge in [-0.05, 0) is 51.4 Å². The summed E-state index contributed by atoms with van der Waals surface area (Å²) in [7, 11) is 2.01. The van der Waals surface area contributed by atoms with Gasteiger partial charge in [0.25, 0.3) is 0 Å². The van der Waals surface area contributed by atoms with E-state index < -0.39 is 0 Å². The first-order valence-corrected chi connectivity index (χ1v) is 7.89. The lowest BCUT2D eigenvalue weighted by Crippen LogP contribution is -2.35. The number of halogens is 1. The van der Waals surface area contributed by atoms with Crippen molar-refractivity contribution in [3.8, 4) is 0 Å². The van der Waals surface area contributed by atoms with E-state index in [-0.39, 0.29) is 0 Å². The van der Waals surface area contributed by atoms with Gasteiger partial charge in [0.15, 0.2) is 0 Å². The van der Waals surface area contributed by atoms with Gasteiger partial charge in [-0.2, -0.15) is 0 Å². The Morgan fingerprint density at radius 1 is 1.16 bits per heavy atom. The molecule has 0 aliphatic carbocycles. The number of anilines is 1. The van der Waals surface area contributed by atoms with Gasteiger partial charge in [-0.3, -0.25) is 0 Å². The summed E-state index contributed by atoms with van der Waals surface area (Å²) in [4.78, 5) is 2.50. The van der Waals surface area contributed by atoms with Gasteiger partial charge in [-0.15, -0.1) is 0 Å². The molecule has 0 spiro atoms. The van der Waals surface area contributed by atoms with Crippen molar-refractivity contribution in [2.45, 2.75) is 46.7 Å². The van der Waals surface area contributed by atoms with Gasteiger partial charge in [0.05, 0.1) is 0 Å². The van der Waals surface area contributed by atoms with Crippen LogP contribution in [0.2, 0.25) is 0 Å². The average Bonchev–Trinajstić information content (AvgIpc) is 2.34. The van der Waals surface area contributed by atoms with Crippen molar-refractivity contribution < 1.29 is 0 Å². The maximum atomic E-state index is 3.60. The number of benzene rings is 1. The molecule has 0 radical (unpaired) electrons. The highest BCUT2D eigenvalue weighted by Crippen LogP contribution is 2.31. The topological polar surface area (TPSA) is 15.3 Å². The minimum atomic E-state index is 0.358. The Kier molecular flexibility index (Phi) is 6.34. The Hall–Kier alpha value is -0.540. The monoisotopic (exact) mass is 326 g/mol. The fraction of sp³-hybridized carbons (Fsp3) is 0.625. The summed E-state index contributed by atoms with van der Waals surface area (Å²) in [5.74, 6) is 0.652. The molecule has 3 heteroatoms. The van der Waals surface area contributed by atoms with Crippen molar-refractivity contribution in [2.24, 2.45) is 5.92 Å². The van der Waals surface area contributed by atoms with Crippen LogP contribution in [0.3, 0.4) is 0 Å². The summed E-state index contributed by atoms with van der Waals surface area (Å²) in [6, 6.07) is 7.44. The molecular formula is C16H27BrN2. The molecule has 0 fully saturated rings. The second kappa shape index (κ2) is 7.30. The van der Waals surface area contributed by atoms with Crippen LogP contribution >= 0.6 is 15.9 Å². The van der Waals surface area contributed by atoms with E-state index in [0.717, 1.165) is 11.0 Å². The first-order chi connectivity index (χ1) is 8.86.